The predicted octanol–water partition coefficient (Wildman–Crippen LogP) is 3.94. The Bertz CT molecular complexity index is 249. The lowest BCUT2D eigenvalue weighted by atomic mass is 10.4. The van der Waals surface area contributed by atoms with Gasteiger partial charge < -0.3 is 0 Å². The number of hydrogen-bond acceptors (Lipinski definition) is 3. The third-order valence-corrected chi connectivity index (χ3v) is 2.61. The monoisotopic (exact) mass is 272 g/mol. The molecular weight excluding hydrogens is 270 g/mol. The Morgan fingerprint density at radius 3 is 1.79 bits per heavy atom. The minimum absolute atomic E-state index is 0.383. The lowest BCUT2D eigenvalue weighted by Crippen LogP contribution is -2.22. The molecule has 0 fully saturated rings. The van der Waals surface area contributed by atoms with Crippen LogP contribution in [0.1, 0.15) is 0 Å². The normalized spacial score (nSPS) is 14.4. The molecule has 0 rings (SSSR count). The van der Waals surface area contributed by atoms with Gasteiger partial charge in [0.1, 0.15) is 4.86 Å². The predicted molar refractivity (Wildman–Crippen MR) is 49.4 cm³/mol. The molecule has 0 atom stereocenters. The molecule has 0 aromatic rings. The van der Waals surface area contributed by atoms with E-state index in [1.807, 2.05) is 0 Å². The molecule has 0 N–H and O–H groups in total. The number of allylic oxidation sites excluding steroid dienone is 1. The Morgan fingerprint density at radius 2 is 1.57 bits per heavy atom. The van der Waals surface area contributed by atoms with Crippen LogP contribution in [0.15, 0.2) is 10.3 Å². The molecule has 14 heavy (non-hydrogen) atoms. The van der Waals surface area contributed by atoms with Crippen molar-refractivity contribution in [2.75, 3.05) is 0 Å². The van der Waals surface area contributed by atoms with Crippen LogP contribution in [0.25, 0.3) is 0 Å². The molecule has 0 aliphatic carbocycles. The van der Waals surface area contributed by atoms with Crippen LogP contribution in [0, 0.1) is 0 Å². The van der Waals surface area contributed by atoms with Gasteiger partial charge >= 0.3 is 11.7 Å². The fraction of sp³-hybridized carbons (Fsp3) is 0.400. The first-order valence-electron chi connectivity index (χ1n) is 2.79. The number of hydrogen-bond donors (Lipinski definition) is 1. The topological polar surface area (TPSA) is 0 Å². The van der Waals surface area contributed by atoms with Crippen LogP contribution in [0.3, 0.4) is 0 Å². The first kappa shape index (κ1) is 14.1. The van der Waals surface area contributed by atoms with Crippen LogP contribution < -0.4 is 0 Å². The van der Waals surface area contributed by atoms with E-state index in [4.69, 9.17) is 0 Å². The average molecular weight is 272 g/mol. The SMILES string of the molecule is FC(F)(F)S/C(=C\S)C(=S)C(F)(F)F. The van der Waals surface area contributed by atoms with Crippen LogP contribution in [0.2, 0.25) is 0 Å². The lowest BCUT2D eigenvalue weighted by Gasteiger charge is -2.12. The molecule has 0 aliphatic rings. The molecule has 82 valence electrons. The molecule has 0 saturated carbocycles. The molecule has 9 heteroatoms. The molecule has 0 aromatic heterocycles. The highest BCUT2D eigenvalue weighted by Crippen LogP contribution is 2.40. The van der Waals surface area contributed by atoms with Crippen molar-refractivity contribution in [3.63, 3.8) is 0 Å². The summed E-state index contributed by atoms with van der Waals surface area (Å²) in [4.78, 5) is -2.86. The lowest BCUT2D eigenvalue weighted by molar-refractivity contribution is -0.0555. The molecular formula is C5H2F6S3. The molecule has 0 nitrogen and oxygen atoms in total. The maximum atomic E-state index is 11.9. The van der Waals surface area contributed by atoms with Crippen LogP contribution in [-0.4, -0.2) is 16.5 Å². The largest absolute Gasteiger partial charge is 0.446 e. The molecule has 0 amide bonds. The number of halogens is 6. The Labute approximate surface area is 90.1 Å². The molecule has 0 aliphatic heterocycles. The second kappa shape index (κ2) is 4.75. The van der Waals surface area contributed by atoms with Gasteiger partial charge in [-0.3, -0.25) is 0 Å². The maximum absolute atomic E-state index is 11.9. The summed E-state index contributed by atoms with van der Waals surface area (Å²) in [6.07, 6.45) is -4.96. The van der Waals surface area contributed by atoms with Crippen LogP contribution in [0.4, 0.5) is 26.3 Å². The molecule has 0 aromatic carbocycles. The Balaban J connectivity index is 4.71. The summed E-state index contributed by atoms with van der Waals surface area (Å²) in [6.45, 7) is 0. The fourth-order valence-corrected chi connectivity index (χ4v) is 1.46. The fourth-order valence-electron chi connectivity index (χ4n) is 0.396. The molecule has 0 unspecified atom stereocenters. The molecule has 0 spiro atoms. The van der Waals surface area contributed by atoms with Crippen molar-refractivity contribution >= 4 is 41.5 Å². The van der Waals surface area contributed by atoms with E-state index in [1.54, 1.807) is 0 Å². The van der Waals surface area contributed by atoms with Crippen molar-refractivity contribution in [2.24, 2.45) is 0 Å². The number of alkyl halides is 6. The summed E-state index contributed by atoms with van der Waals surface area (Å²) < 4.78 is 70.7. The first-order chi connectivity index (χ1) is 6.08. The quantitative estimate of drug-likeness (QED) is 0.350. The third-order valence-electron chi connectivity index (χ3n) is 0.824. The Kier molecular flexibility index (Phi) is 4.79. The van der Waals surface area contributed by atoms with Gasteiger partial charge in [0.2, 0.25) is 0 Å². The van der Waals surface area contributed by atoms with E-state index in [0.717, 1.165) is 0 Å². The number of thiol groups is 1. The first-order valence-corrected chi connectivity index (χ1v) is 4.53. The van der Waals surface area contributed by atoms with E-state index in [2.05, 4.69) is 24.8 Å². The zero-order valence-corrected chi connectivity index (χ0v) is 8.64. The summed E-state index contributed by atoms with van der Waals surface area (Å²) in [5.41, 5.74) is -4.82. The molecule has 0 radical (unpaired) electrons. The molecule has 0 bridgehead atoms. The van der Waals surface area contributed by atoms with Crippen LogP contribution in [-0.2, 0) is 0 Å². The standard InChI is InChI=1S/C5H2F6S3/c6-4(7,8)3(13)2(1-12)14-5(9,10)11/h1,12H/b2-1-. The second-order valence-electron chi connectivity index (χ2n) is 1.87. The van der Waals surface area contributed by atoms with E-state index in [1.165, 1.54) is 0 Å². The Morgan fingerprint density at radius 1 is 1.14 bits per heavy atom. The van der Waals surface area contributed by atoms with Gasteiger partial charge in [-0.2, -0.15) is 39.0 Å². The average Bonchev–Trinajstić information content (AvgIpc) is 1.95. The van der Waals surface area contributed by atoms with Gasteiger partial charge in [0.05, 0.1) is 0 Å². The van der Waals surface area contributed by atoms with Crippen molar-refractivity contribution in [3.05, 3.63) is 10.3 Å². The van der Waals surface area contributed by atoms with E-state index in [0.29, 0.717) is 5.41 Å². The number of thiocarbonyl (C=S) groups is 1. The van der Waals surface area contributed by atoms with E-state index >= 15 is 0 Å². The van der Waals surface area contributed by atoms with E-state index < -0.39 is 33.2 Å². The number of thioether (sulfide) groups is 1. The summed E-state index contributed by atoms with van der Waals surface area (Å²) in [6, 6.07) is 0. The zero-order chi connectivity index (χ0) is 11.6. The second-order valence-corrected chi connectivity index (χ2v) is 3.64. The number of rotatable bonds is 2. The van der Waals surface area contributed by atoms with Gasteiger partial charge in [-0.1, -0.05) is 12.2 Å². The van der Waals surface area contributed by atoms with Gasteiger partial charge in [-0.05, 0) is 17.2 Å². The summed E-state index contributed by atoms with van der Waals surface area (Å²) in [7, 11) is 0. The van der Waals surface area contributed by atoms with Crippen molar-refractivity contribution in [1.29, 1.82) is 0 Å². The van der Waals surface area contributed by atoms with Crippen molar-refractivity contribution < 1.29 is 26.3 Å². The van der Waals surface area contributed by atoms with Crippen molar-refractivity contribution in [2.45, 2.75) is 11.7 Å². The highest BCUT2D eigenvalue weighted by Gasteiger charge is 2.41. The summed E-state index contributed by atoms with van der Waals surface area (Å²) in [5, 5.41) is 0.383. The van der Waals surface area contributed by atoms with Gasteiger partial charge in [0.25, 0.3) is 0 Å². The smallest absolute Gasteiger partial charge is 0.165 e. The van der Waals surface area contributed by atoms with Crippen LogP contribution >= 0.6 is 36.6 Å². The Hall–Kier alpha value is 0.110. The highest BCUT2D eigenvalue weighted by molar-refractivity contribution is 8.06. The van der Waals surface area contributed by atoms with Gasteiger partial charge in [-0.25, -0.2) is 0 Å². The summed E-state index contributed by atoms with van der Waals surface area (Å²) in [5.74, 6) is 0. The minimum atomic E-state index is -4.96. The van der Waals surface area contributed by atoms with E-state index in [9.17, 15) is 26.3 Å². The molecule has 0 heterocycles. The highest BCUT2D eigenvalue weighted by atomic mass is 32.2. The summed E-state index contributed by atoms with van der Waals surface area (Å²) >= 11 is 6.11. The van der Waals surface area contributed by atoms with Gasteiger partial charge in [-0.15, -0.1) is 0 Å². The van der Waals surface area contributed by atoms with Gasteiger partial charge in [0.15, 0.2) is 0 Å². The maximum Gasteiger partial charge on any atom is 0.446 e. The zero-order valence-electron chi connectivity index (χ0n) is 6.11. The third kappa shape index (κ3) is 5.11. The van der Waals surface area contributed by atoms with Gasteiger partial charge in [0, 0.05) is 4.91 Å². The van der Waals surface area contributed by atoms with Crippen molar-refractivity contribution in [1.82, 2.24) is 0 Å². The molecule has 0 saturated heterocycles. The van der Waals surface area contributed by atoms with Crippen molar-refractivity contribution in [3.8, 4) is 0 Å². The van der Waals surface area contributed by atoms with Crippen LogP contribution in [0.5, 0.6) is 0 Å². The van der Waals surface area contributed by atoms with E-state index in [-0.39, 0.29) is 0 Å². The minimum Gasteiger partial charge on any atom is -0.165 e.